The third kappa shape index (κ3) is 2.89. The van der Waals surface area contributed by atoms with E-state index in [4.69, 9.17) is 23.2 Å². The zero-order valence-electron chi connectivity index (χ0n) is 10.7. The van der Waals surface area contributed by atoms with Gasteiger partial charge in [0, 0.05) is 0 Å². The Labute approximate surface area is 139 Å². The van der Waals surface area contributed by atoms with Crippen molar-refractivity contribution in [3.05, 3.63) is 52.3 Å². The van der Waals surface area contributed by atoms with Crippen molar-refractivity contribution in [3.8, 4) is 0 Å². The summed E-state index contributed by atoms with van der Waals surface area (Å²) in [5.74, 6) is -0.417. The largest absolute Gasteiger partial charge is 0.266 e. The van der Waals surface area contributed by atoms with Gasteiger partial charge in [0.05, 0.1) is 20.3 Å². The predicted octanol–water partition coefficient (Wildman–Crippen LogP) is 4.54. The summed E-state index contributed by atoms with van der Waals surface area (Å²) in [7, 11) is -3.99. The zero-order valence-corrected chi connectivity index (χ0v) is 13.8. The Kier molecular flexibility index (Phi) is 3.98. The highest BCUT2D eigenvalue weighted by molar-refractivity contribution is 7.93. The molecule has 0 spiro atoms. The van der Waals surface area contributed by atoms with Crippen LogP contribution in [0.1, 0.15) is 0 Å². The lowest BCUT2D eigenvalue weighted by Gasteiger charge is -2.08. The first-order chi connectivity index (χ1) is 10.4. The third-order valence-corrected chi connectivity index (χ3v) is 6.12. The van der Waals surface area contributed by atoms with Crippen molar-refractivity contribution in [2.45, 2.75) is 4.90 Å². The molecule has 0 saturated carbocycles. The molecule has 1 aromatic heterocycles. The van der Waals surface area contributed by atoms with E-state index in [2.05, 4.69) is 9.71 Å². The van der Waals surface area contributed by atoms with Gasteiger partial charge in [0.1, 0.15) is 10.7 Å². The van der Waals surface area contributed by atoms with Crippen LogP contribution in [0.25, 0.3) is 10.2 Å². The molecule has 4 nitrogen and oxygen atoms in total. The number of sulfonamides is 1. The SMILES string of the molecule is O=S(=O)(Nc1nc2ccc(F)cc2s1)c1c(Cl)cccc1Cl. The Bertz CT molecular complexity index is 953. The lowest BCUT2D eigenvalue weighted by molar-refractivity contribution is 0.601. The van der Waals surface area contributed by atoms with E-state index < -0.39 is 15.8 Å². The summed E-state index contributed by atoms with van der Waals surface area (Å²) < 4.78 is 40.8. The molecule has 0 aliphatic rings. The third-order valence-electron chi connectivity index (χ3n) is 2.76. The topological polar surface area (TPSA) is 59.1 Å². The Balaban J connectivity index is 2.03. The fourth-order valence-electron chi connectivity index (χ4n) is 1.85. The van der Waals surface area contributed by atoms with Gasteiger partial charge in [0.25, 0.3) is 10.0 Å². The lowest BCUT2D eigenvalue weighted by atomic mass is 10.3. The van der Waals surface area contributed by atoms with Gasteiger partial charge < -0.3 is 0 Å². The van der Waals surface area contributed by atoms with Crippen molar-refractivity contribution in [2.24, 2.45) is 0 Å². The molecule has 9 heteroatoms. The van der Waals surface area contributed by atoms with Gasteiger partial charge in [-0.25, -0.2) is 17.8 Å². The Morgan fingerprint density at radius 2 is 1.82 bits per heavy atom. The number of halogens is 3. The number of nitrogens with zero attached hydrogens (tertiary/aromatic N) is 1. The molecule has 3 aromatic rings. The van der Waals surface area contributed by atoms with E-state index >= 15 is 0 Å². The van der Waals surface area contributed by atoms with E-state index in [1.807, 2.05) is 0 Å². The molecule has 0 atom stereocenters. The Hall–Kier alpha value is -1.41. The summed E-state index contributed by atoms with van der Waals surface area (Å²) in [4.78, 5) is 3.88. The normalized spacial score (nSPS) is 11.8. The van der Waals surface area contributed by atoms with Gasteiger partial charge in [-0.1, -0.05) is 40.6 Å². The minimum absolute atomic E-state index is 0.00663. The fraction of sp³-hybridized carbons (Fsp3) is 0. The molecule has 3 rings (SSSR count). The van der Waals surface area contributed by atoms with Crippen molar-refractivity contribution >= 4 is 59.9 Å². The molecule has 0 unspecified atom stereocenters. The van der Waals surface area contributed by atoms with Crippen LogP contribution in [0.15, 0.2) is 41.3 Å². The first-order valence-corrected chi connectivity index (χ1v) is 8.95. The minimum atomic E-state index is -3.99. The van der Waals surface area contributed by atoms with Gasteiger partial charge in [0.15, 0.2) is 5.13 Å². The Morgan fingerprint density at radius 3 is 2.50 bits per heavy atom. The quantitative estimate of drug-likeness (QED) is 0.729. The number of aromatic nitrogens is 1. The van der Waals surface area contributed by atoms with E-state index in [1.54, 1.807) is 6.07 Å². The smallest absolute Gasteiger partial charge is 0.255 e. The number of benzene rings is 2. The van der Waals surface area contributed by atoms with Crippen LogP contribution in [-0.4, -0.2) is 13.4 Å². The van der Waals surface area contributed by atoms with Crippen LogP contribution in [0.4, 0.5) is 9.52 Å². The van der Waals surface area contributed by atoms with E-state index in [-0.39, 0.29) is 20.1 Å². The summed E-state index contributed by atoms with van der Waals surface area (Å²) in [6.07, 6.45) is 0. The van der Waals surface area contributed by atoms with Crippen molar-refractivity contribution in [2.75, 3.05) is 4.72 Å². The highest BCUT2D eigenvalue weighted by Crippen LogP contribution is 2.33. The van der Waals surface area contributed by atoms with Crippen LogP contribution in [0, 0.1) is 5.82 Å². The fourth-order valence-corrected chi connectivity index (χ4v) is 5.12. The van der Waals surface area contributed by atoms with Gasteiger partial charge >= 0.3 is 0 Å². The number of nitrogens with one attached hydrogen (secondary N) is 1. The second-order valence-electron chi connectivity index (χ2n) is 4.29. The maximum atomic E-state index is 13.2. The van der Waals surface area contributed by atoms with Crippen molar-refractivity contribution in [1.82, 2.24) is 4.98 Å². The van der Waals surface area contributed by atoms with Crippen LogP contribution in [-0.2, 0) is 10.0 Å². The molecule has 0 aliphatic carbocycles. The van der Waals surface area contributed by atoms with E-state index in [1.165, 1.54) is 30.3 Å². The van der Waals surface area contributed by atoms with Gasteiger partial charge in [-0.2, -0.15) is 0 Å². The van der Waals surface area contributed by atoms with E-state index in [9.17, 15) is 12.8 Å². The van der Waals surface area contributed by atoms with Crippen LogP contribution in [0.5, 0.6) is 0 Å². The first-order valence-electron chi connectivity index (χ1n) is 5.90. The molecule has 0 saturated heterocycles. The summed E-state index contributed by atoms with van der Waals surface area (Å²) in [6, 6.07) is 8.41. The summed E-state index contributed by atoms with van der Waals surface area (Å²) in [6.45, 7) is 0. The molecule has 114 valence electrons. The number of hydrogen-bond donors (Lipinski definition) is 1. The Morgan fingerprint density at radius 1 is 1.14 bits per heavy atom. The standard InChI is InChI=1S/C13H7Cl2FN2O2S2/c14-8-2-1-3-9(15)12(8)22(19,20)18-13-17-10-5-4-7(16)6-11(10)21-13/h1-6H,(H,17,18). The lowest BCUT2D eigenvalue weighted by Crippen LogP contribution is -2.13. The maximum absolute atomic E-state index is 13.2. The number of anilines is 1. The summed E-state index contributed by atoms with van der Waals surface area (Å²) in [5.41, 5.74) is 0.495. The van der Waals surface area contributed by atoms with Crippen molar-refractivity contribution in [3.63, 3.8) is 0 Å². The highest BCUT2D eigenvalue weighted by atomic mass is 35.5. The number of rotatable bonds is 3. The average Bonchev–Trinajstić information content (AvgIpc) is 2.78. The molecule has 0 amide bonds. The van der Waals surface area contributed by atoms with Crippen LogP contribution < -0.4 is 4.72 Å². The van der Waals surface area contributed by atoms with Gasteiger partial charge in [0.2, 0.25) is 0 Å². The molecular formula is C13H7Cl2FN2O2S2. The molecule has 0 radical (unpaired) electrons. The molecule has 1 N–H and O–H groups in total. The number of hydrogen-bond acceptors (Lipinski definition) is 4. The first kappa shape index (κ1) is 15.5. The second kappa shape index (κ2) is 5.66. The molecule has 0 fully saturated rings. The minimum Gasteiger partial charge on any atom is -0.255 e. The molecule has 1 heterocycles. The van der Waals surface area contributed by atoms with Gasteiger partial charge in [-0.05, 0) is 30.3 Å². The van der Waals surface area contributed by atoms with Crippen LogP contribution >= 0.6 is 34.5 Å². The van der Waals surface area contributed by atoms with Gasteiger partial charge in [-0.15, -0.1) is 0 Å². The van der Waals surface area contributed by atoms with E-state index in [0.29, 0.717) is 10.2 Å². The van der Waals surface area contributed by atoms with Crippen LogP contribution in [0.3, 0.4) is 0 Å². The monoisotopic (exact) mass is 376 g/mol. The van der Waals surface area contributed by atoms with Crippen molar-refractivity contribution in [1.29, 1.82) is 0 Å². The second-order valence-corrected chi connectivity index (χ2v) is 7.75. The number of thiazole rings is 1. The maximum Gasteiger partial charge on any atom is 0.266 e. The molecule has 0 bridgehead atoms. The summed E-state index contributed by atoms with van der Waals surface area (Å²) >= 11 is 12.8. The average molecular weight is 377 g/mol. The molecule has 22 heavy (non-hydrogen) atoms. The van der Waals surface area contributed by atoms with Crippen molar-refractivity contribution < 1.29 is 12.8 Å². The van der Waals surface area contributed by atoms with E-state index in [0.717, 1.165) is 11.3 Å². The molecule has 2 aromatic carbocycles. The van der Waals surface area contributed by atoms with Crippen LogP contribution in [0.2, 0.25) is 10.0 Å². The molecular weight excluding hydrogens is 370 g/mol. The highest BCUT2D eigenvalue weighted by Gasteiger charge is 2.23. The predicted molar refractivity (Wildman–Crippen MR) is 86.8 cm³/mol. The zero-order chi connectivity index (χ0) is 15.9. The number of fused-ring (bicyclic) bond motifs is 1. The molecule has 0 aliphatic heterocycles. The summed E-state index contributed by atoms with van der Waals surface area (Å²) in [5, 5.41) is 0.121. The van der Waals surface area contributed by atoms with Gasteiger partial charge in [-0.3, -0.25) is 4.72 Å².